The average molecular weight is 608 g/mol. The monoisotopic (exact) mass is 607 g/mol. The van der Waals surface area contributed by atoms with E-state index in [0.29, 0.717) is 23.9 Å². The summed E-state index contributed by atoms with van der Waals surface area (Å²) in [4.78, 5) is 15.0. The number of aliphatic hydroxyl groups excluding tert-OH is 1. The number of nitrogens with zero attached hydrogens (tertiary/aromatic N) is 4. The van der Waals surface area contributed by atoms with Gasteiger partial charge in [-0.2, -0.15) is 4.98 Å². The molecular weight excluding hydrogens is 566 g/mol. The van der Waals surface area contributed by atoms with Crippen molar-refractivity contribution in [2.24, 2.45) is 10.7 Å². The Morgan fingerprint density at radius 2 is 2.07 bits per heavy atom. The number of nitrogens with one attached hydrogen (secondary N) is 2. The minimum Gasteiger partial charge on any atom is -0.489 e. The van der Waals surface area contributed by atoms with Gasteiger partial charge in [-0.1, -0.05) is 11.6 Å². The SMILES string of the molecule is CN=CC(Nc1nc(Nc2cc(C)c(C3CCCN(CCO)C3)cc2OC(C)C)ncc1Cl)=C(N)S(=O)(=O)C(C)C. The number of aromatic nitrogens is 2. The third-order valence-corrected chi connectivity index (χ3v) is 9.14. The molecule has 3 rings (SSSR count). The number of ether oxygens (including phenoxy) is 1. The first-order valence-electron chi connectivity index (χ1n) is 13.7. The average Bonchev–Trinajstić information content (AvgIpc) is 2.91. The lowest BCUT2D eigenvalue weighted by Gasteiger charge is -2.33. The van der Waals surface area contributed by atoms with Gasteiger partial charge in [0.1, 0.15) is 10.8 Å². The van der Waals surface area contributed by atoms with Crippen LogP contribution in [-0.4, -0.2) is 79.2 Å². The smallest absolute Gasteiger partial charge is 0.229 e. The van der Waals surface area contributed by atoms with Crippen LogP contribution < -0.4 is 21.1 Å². The number of aliphatic hydroxyl groups is 1. The fourth-order valence-electron chi connectivity index (χ4n) is 4.70. The van der Waals surface area contributed by atoms with Crippen LogP contribution in [0.15, 0.2) is 34.0 Å². The van der Waals surface area contributed by atoms with Crippen LogP contribution >= 0.6 is 11.6 Å². The Hall–Kier alpha value is -2.93. The van der Waals surface area contributed by atoms with E-state index in [0.717, 1.165) is 31.5 Å². The number of aryl methyl sites for hydroxylation is 1. The van der Waals surface area contributed by atoms with Crippen molar-refractivity contribution in [2.75, 3.05) is 43.9 Å². The van der Waals surface area contributed by atoms with Gasteiger partial charge >= 0.3 is 0 Å². The molecular formula is C28H42ClN7O4S. The van der Waals surface area contributed by atoms with Gasteiger partial charge in [-0.3, -0.25) is 4.99 Å². The summed E-state index contributed by atoms with van der Waals surface area (Å²) >= 11 is 6.37. The molecule has 1 aromatic carbocycles. The number of halogens is 1. The van der Waals surface area contributed by atoms with Crippen molar-refractivity contribution in [1.82, 2.24) is 14.9 Å². The number of allylic oxidation sites excluding steroid dienone is 1. The Morgan fingerprint density at radius 1 is 1.34 bits per heavy atom. The van der Waals surface area contributed by atoms with Crippen LogP contribution in [0.4, 0.5) is 17.5 Å². The fraction of sp³-hybridized carbons (Fsp3) is 0.536. The van der Waals surface area contributed by atoms with Crippen LogP contribution in [0.2, 0.25) is 5.02 Å². The quantitative estimate of drug-likeness (QED) is 0.258. The Bertz CT molecular complexity index is 1380. The summed E-state index contributed by atoms with van der Waals surface area (Å²) in [6.07, 6.45) is 4.79. The van der Waals surface area contributed by atoms with Crippen LogP contribution in [0.25, 0.3) is 0 Å². The highest BCUT2D eigenvalue weighted by Gasteiger charge is 2.25. The van der Waals surface area contributed by atoms with E-state index in [9.17, 15) is 13.5 Å². The molecule has 11 nitrogen and oxygen atoms in total. The molecule has 1 aliphatic heterocycles. The van der Waals surface area contributed by atoms with Gasteiger partial charge in [0.2, 0.25) is 5.95 Å². The lowest BCUT2D eigenvalue weighted by Crippen LogP contribution is -2.36. The van der Waals surface area contributed by atoms with E-state index >= 15 is 0 Å². The van der Waals surface area contributed by atoms with Crippen molar-refractivity contribution in [3.05, 3.63) is 45.2 Å². The van der Waals surface area contributed by atoms with E-state index in [1.165, 1.54) is 25.0 Å². The molecule has 1 saturated heterocycles. The number of anilines is 3. The van der Waals surface area contributed by atoms with Crippen molar-refractivity contribution >= 4 is 45.1 Å². The summed E-state index contributed by atoms with van der Waals surface area (Å²) in [6.45, 7) is 11.8. The van der Waals surface area contributed by atoms with Crippen molar-refractivity contribution in [3.63, 3.8) is 0 Å². The number of nitrogens with two attached hydrogens (primary N) is 1. The van der Waals surface area contributed by atoms with Crippen LogP contribution in [0.5, 0.6) is 5.75 Å². The molecule has 41 heavy (non-hydrogen) atoms. The summed E-state index contributed by atoms with van der Waals surface area (Å²) in [5.74, 6) is 1.38. The van der Waals surface area contributed by atoms with Crippen LogP contribution in [-0.2, 0) is 9.84 Å². The minimum absolute atomic E-state index is 0.0551. The third kappa shape index (κ3) is 8.31. The predicted octanol–water partition coefficient (Wildman–Crippen LogP) is 4.20. The van der Waals surface area contributed by atoms with Gasteiger partial charge in [0.15, 0.2) is 20.7 Å². The van der Waals surface area contributed by atoms with Crippen molar-refractivity contribution in [1.29, 1.82) is 0 Å². The predicted molar refractivity (Wildman–Crippen MR) is 166 cm³/mol. The molecule has 226 valence electrons. The molecule has 1 unspecified atom stereocenters. The molecule has 0 amide bonds. The molecule has 5 N–H and O–H groups in total. The largest absolute Gasteiger partial charge is 0.489 e. The van der Waals surface area contributed by atoms with Gasteiger partial charge in [-0.05, 0) is 83.2 Å². The Labute approximate surface area is 248 Å². The molecule has 0 aliphatic carbocycles. The van der Waals surface area contributed by atoms with Crippen molar-refractivity contribution in [2.45, 2.75) is 64.7 Å². The molecule has 2 aromatic rings. The van der Waals surface area contributed by atoms with Gasteiger partial charge in [0.25, 0.3) is 0 Å². The topological polar surface area (TPSA) is 155 Å². The molecule has 2 heterocycles. The number of hydrogen-bond donors (Lipinski definition) is 4. The maximum Gasteiger partial charge on any atom is 0.229 e. The van der Waals surface area contributed by atoms with E-state index in [4.69, 9.17) is 22.1 Å². The summed E-state index contributed by atoms with van der Waals surface area (Å²) < 4.78 is 31.6. The number of rotatable bonds is 12. The molecule has 1 aliphatic rings. The van der Waals surface area contributed by atoms with Gasteiger partial charge in [0, 0.05) is 26.4 Å². The van der Waals surface area contributed by atoms with Crippen molar-refractivity contribution in [3.8, 4) is 5.75 Å². The van der Waals surface area contributed by atoms with Crippen LogP contribution in [0.1, 0.15) is 57.6 Å². The fourth-order valence-corrected chi connectivity index (χ4v) is 5.76. The normalized spacial score (nSPS) is 17.3. The highest BCUT2D eigenvalue weighted by molar-refractivity contribution is 7.95. The molecule has 1 aromatic heterocycles. The summed E-state index contributed by atoms with van der Waals surface area (Å²) in [7, 11) is -2.26. The molecule has 13 heteroatoms. The lowest BCUT2D eigenvalue weighted by atomic mass is 9.87. The number of β-amino-alcohol motifs (C(OH)–C–C–N with tert-alkyl or cyclic N) is 1. The Kier molecular flexibility index (Phi) is 11.4. The zero-order valence-electron chi connectivity index (χ0n) is 24.6. The Balaban J connectivity index is 1.97. The summed E-state index contributed by atoms with van der Waals surface area (Å²) in [5, 5.41) is 14.6. The van der Waals surface area contributed by atoms with E-state index < -0.39 is 15.1 Å². The number of likely N-dealkylation sites (tertiary alicyclic amines) is 1. The maximum atomic E-state index is 12.7. The standard InChI is InChI=1S/C28H42ClN7O4S/c1-17(2)40-25-13-21(20-8-7-9-36(16-20)10-11-37)19(5)12-23(25)34-28-32-14-22(29)27(35-28)33-24(15-31-6)26(30)41(38,39)18(3)4/h12-15,17-18,20,37H,7-11,16,30H2,1-6H3,(H2,32,33,34,35). The zero-order valence-corrected chi connectivity index (χ0v) is 26.2. The zero-order chi connectivity index (χ0) is 30.3. The molecule has 1 fully saturated rings. The second-order valence-electron chi connectivity index (χ2n) is 10.6. The van der Waals surface area contributed by atoms with E-state index in [2.05, 4.69) is 43.5 Å². The van der Waals surface area contributed by atoms with E-state index in [1.54, 1.807) is 13.8 Å². The number of piperidine rings is 1. The van der Waals surface area contributed by atoms with Gasteiger partial charge < -0.3 is 31.1 Å². The van der Waals surface area contributed by atoms with Gasteiger partial charge in [0.05, 0.1) is 35.5 Å². The van der Waals surface area contributed by atoms with Crippen LogP contribution in [0.3, 0.4) is 0 Å². The molecule has 0 bridgehead atoms. The first-order chi connectivity index (χ1) is 19.4. The molecule has 0 radical (unpaired) electrons. The number of sulfone groups is 1. The molecule has 0 saturated carbocycles. The number of aliphatic imine (C=N–C) groups is 1. The lowest BCUT2D eigenvalue weighted by molar-refractivity contribution is 0.161. The third-order valence-electron chi connectivity index (χ3n) is 6.79. The minimum atomic E-state index is -3.76. The maximum absolute atomic E-state index is 12.7. The van der Waals surface area contributed by atoms with Crippen molar-refractivity contribution < 1.29 is 18.3 Å². The molecule has 0 spiro atoms. The number of benzene rings is 1. The second-order valence-corrected chi connectivity index (χ2v) is 13.5. The summed E-state index contributed by atoms with van der Waals surface area (Å²) in [5.41, 5.74) is 9.08. The Morgan fingerprint density at radius 3 is 2.71 bits per heavy atom. The van der Waals surface area contributed by atoms with E-state index in [1.807, 2.05) is 19.9 Å². The van der Waals surface area contributed by atoms with E-state index in [-0.39, 0.29) is 40.2 Å². The van der Waals surface area contributed by atoms with Crippen LogP contribution in [0, 0.1) is 6.92 Å². The number of hydrogen-bond acceptors (Lipinski definition) is 11. The van der Waals surface area contributed by atoms with Gasteiger partial charge in [-0.15, -0.1) is 0 Å². The first-order valence-corrected chi connectivity index (χ1v) is 15.7. The highest BCUT2D eigenvalue weighted by atomic mass is 35.5. The highest BCUT2D eigenvalue weighted by Crippen LogP contribution is 2.37. The second kappa shape index (κ2) is 14.3. The first kappa shape index (κ1) is 32.6. The molecule has 1 atom stereocenters. The summed E-state index contributed by atoms with van der Waals surface area (Å²) in [6, 6.07) is 4.10. The van der Waals surface area contributed by atoms with Gasteiger partial charge in [-0.25, -0.2) is 13.4 Å².